The lowest BCUT2D eigenvalue weighted by Crippen LogP contribution is -2.19. The van der Waals surface area contributed by atoms with Gasteiger partial charge in [-0.05, 0) is 53.6 Å². The Morgan fingerprint density at radius 2 is 1.64 bits per heavy atom. The molecule has 3 aromatic rings. The summed E-state index contributed by atoms with van der Waals surface area (Å²) in [5, 5.41) is 0.550. The lowest BCUT2D eigenvalue weighted by Gasteiger charge is -2.26. The molecule has 0 fully saturated rings. The average Bonchev–Trinajstić information content (AvgIpc) is 2.68. The summed E-state index contributed by atoms with van der Waals surface area (Å²) in [7, 11) is 1.58. The van der Waals surface area contributed by atoms with Gasteiger partial charge in [0, 0.05) is 5.41 Å². The number of esters is 1. The summed E-state index contributed by atoms with van der Waals surface area (Å²) in [5.74, 6) is -0.0689. The Hall–Kier alpha value is -2.85. The van der Waals surface area contributed by atoms with Crippen molar-refractivity contribution in [3.05, 3.63) is 94.3 Å². The van der Waals surface area contributed by atoms with E-state index >= 15 is 0 Å². The molecule has 0 bridgehead atoms. The lowest BCUT2D eigenvalue weighted by atomic mass is 9.78. The van der Waals surface area contributed by atoms with Gasteiger partial charge in [0.2, 0.25) is 0 Å². The molecular weight excluding hydrogens is 379 g/mol. The number of hydrogen-bond donors (Lipinski definition) is 0. The van der Waals surface area contributed by atoms with E-state index in [9.17, 15) is 9.18 Å². The van der Waals surface area contributed by atoms with Crippen molar-refractivity contribution in [3.8, 4) is 11.5 Å². The fourth-order valence-corrected chi connectivity index (χ4v) is 3.20. The highest BCUT2D eigenvalue weighted by molar-refractivity contribution is 6.32. The maximum Gasteiger partial charge on any atom is 0.343 e. The van der Waals surface area contributed by atoms with Gasteiger partial charge in [0.25, 0.3) is 0 Å². The minimum atomic E-state index is -0.603. The second-order valence-electron chi connectivity index (χ2n) is 6.90. The minimum Gasteiger partial charge on any atom is -0.495 e. The van der Waals surface area contributed by atoms with Gasteiger partial charge in [-0.25, -0.2) is 9.18 Å². The highest BCUT2D eigenvalue weighted by Gasteiger charge is 2.24. The molecular formula is C23H20ClFO3. The van der Waals surface area contributed by atoms with Crippen LogP contribution in [-0.2, 0) is 5.41 Å². The van der Waals surface area contributed by atoms with Crippen molar-refractivity contribution in [2.45, 2.75) is 19.3 Å². The van der Waals surface area contributed by atoms with Crippen molar-refractivity contribution >= 4 is 17.6 Å². The SMILES string of the molecule is COc1ccc(C(C)(C)c2ccc(OC(=O)c3cccc(F)c3)cc2)cc1Cl. The highest BCUT2D eigenvalue weighted by Crippen LogP contribution is 2.36. The van der Waals surface area contributed by atoms with Crippen molar-refractivity contribution < 1.29 is 18.7 Å². The van der Waals surface area contributed by atoms with Crippen LogP contribution in [0.4, 0.5) is 4.39 Å². The fourth-order valence-electron chi connectivity index (χ4n) is 2.94. The molecule has 0 aromatic heterocycles. The molecule has 0 atom stereocenters. The Kier molecular flexibility index (Phi) is 5.71. The largest absolute Gasteiger partial charge is 0.495 e. The molecule has 0 spiro atoms. The summed E-state index contributed by atoms with van der Waals surface area (Å²) in [6, 6.07) is 18.3. The van der Waals surface area contributed by atoms with E-state index in [4.69, 9.17) is 21.1 Å². The number of ether oxygens (including phenoxy) is 2. The number of halogens is 2. The van der Waals surface area contributed by atoms with Crippen LogP contribution >= 0.6 is 11.6 Å². The van der Waals surface area contributed by atoms with Gasteiger partial charge < -0.3 is 9.47 Å². The Morgan fingerprint density at radius 3 is 2.25 bits per heavy atom. The molecule has 0 aliphatic rings. The van der Waals surface area contributed by atoms with E-state index in [1.165, 1.54) is 18.2 Å². The molecule has 0 amide bonds. The zero-order valence-electron chi connectivity index (χ0n) is 15.8. The van der Waals surface area contributed by atoms with Crippen LogP contribution in [0.25, 0.3) is 0 Å². The third kappa shape index (κ3) is 4.18. The zero-order chi connectivity index (χ0) is 20.3. The summed E-state index contributed by atoms with van der Waals surface area (Å²) in [6.07, 6.45) is 0. The maximum absolute atomic E-state index is 13.3. The van der Waals surface area contributed by atoms with Crippen LogP contribution in [0.15, 0.2) is 66.7 Å². The third-order valence-electron chi connectivity index (χ3n) is 4.72. The molecule has 144 valence electrons. The fraction of sp³-hybridized carbons (Fsp3) is 0.174. The number of carbonyl (C=O) groups excluding carboxylic acids is 1. The quantitative estimate of drug-likeness (QED) is 0.388. The van der Waals surface area contributed by atoms with E-state index in [0.29, 0.717) is 16.5 Å². The van der Waals surface area contributed by atoms with E-state index in [1.54, 1.807) is 19.2 Å². The Balaban J connectivity index is 1.79. The number of hydrogen-bond acceptors (Lipinski definition) is 3. The molecule has 0 aliphatic carbocycles. The molecule has 0 heterocycles. The molecule has 0 aliphatic heterocycles. The zero-order valence-corrected chi connectivity index (χ0v) is 16.6. The van der Waals surface area contributed by atoms with E-state index in [2.05, 4.69) is 13.8 Å². The topological polar surface area (TPSA) is 35.5 Å². The van der Waals surface area contributed by atoms with Crippen LogP contribution in [0, 0.1) is 5.82 Å². The van der Waals surface area contributed by atoms with E-state index in [-0.39, 0.29) is 11.0 Å². The first-order valence-electron chi connectivity index (χ1n) is 8.73. The summed E-state index contributed by atoms with van der Waals surface area (Å²) >= 11 is 6.27. The van der Waals surface area contributed by atoms with Gasteiger partial charge in [-0.2, -0.15) is 0 Å². The highest BCUT2D eigenvalue weighted by atomic mass is 35.5. The third-order valence-corrected chi connectivity index (χ3v) is 5.02. The van der Waals surface area contributed by atoms with Gasteiger partial charge in [-0.15, -0.1) is 0 Å². The van der Waals surface area contributed by atoms with E-state index < -0.39 is 11.8 Å². The first-order valence-corrected chi connectivity index (χ1v) is 9.11. The normalized spacial score (nSPS) is 11.2. The van der Waals surface area contributed by atoms with Crippen molar-refractivity contribution in [3.63, 3.8) is 0 Å². The maximum atomic E-state index is 13.3. The molecule has 0 radical (unpaired) electrons. The number of rotatable bonds is 5. The average molecular weight is 399 g/mol. The molecule has 0 N–H and O–H groups in total. The van der Waals surface area contributed by atoms with Gasteiger partial charge in [-0.3, -0.25) is 0 Å². The molecule has 0 unspecified atom stereocenters. The van der Waals surface area contributed by atoms with Gasteiger partial charge in [0.15, 0.2) is 0 Å². The first-order chi connectivity index (χ1) is 13.3. The van der Waals surface area contributed by atoms with Crippen LogP contribution in [0.5, 0.6) is 11.5 Å². The molecule has 3 aromatic carbocycles. The first kappa shape index (κ1) is 19.9. The van der Waals surface area contributed by atoms with Gasteiger partial charge in [0.1, 0.15) is 17.3 Å². The molecule has 3 nitrogen and oxygen atoms in total. The predicted molar refractivity (Wildman–Crippen MR) is 108 cm³/mol. The second-order valence-corrected chi connectivity index (χ2v) is 7.31. The number of methoxy groups -OCH3 is 1. The van der Waals surface area contributed by atoms with Crippen LogP contribution in [-0.4, -0.2) is 13.1 Å². The molecule has 3 rings (SSSR count). The molecule has 0 saturated heterocycles. The Labute approximate surface area is 168 Å². The van der Waals surface area contributed by atoms with Crippen LogP contribution in [0.3, 0.4) is 0 Å². The van der Waals surface area contributed by atoms with Crippen LogP contribution < -0.4 is 9.47 Å². The second kappa shape index (κ2) is 8.03. The van der Waals surface area contributed by atoms with Gasteiger partial charge in [0.05, 0.1) is 17.7 Å². The number of benzene rings is 3. The summed E-state index contributed by atoms with van der Waals surface area (Å²) in [5.41, 5.74) is 1.90. The summed E-state index contributed by atoms with van der Waals surface area (Å²) in [6.45, 7) is 4.16. The summed E-state index contributed by atoms with van der Waals surface area (Å²) in [4.78, 5) is 12.2. The van der Waals surface area contributed by atoms with Crippen molar-refractivity contribution in [2.75, 3.05) is 7.11 Å². The van der Waals surface area contributed by atoms with Crippen molar-refractivity contribution in [1.29, 1.82) is 0 Å². The molecule has 28 heavy (non-hydrogen) atoms. The monoisotopic (exact) mass is 398 g/mol. The standard InChI is InChI=1S/C23H20ClFO3/c1-23(2,17-9-12-21(27-3)20(24)14-17)16-7-10-19(11-8-16)28-22(26)15-5-4-6-18(25)13-15/h4-14H,1-3H3. The number of carbonyl (C=O) groups is 1. The van der Waals surface area contributed by atoms with E-state index in [0.717, 1.165) is 17.2 Å². The Morgan fingerprint density at radius 1 is 0.964 bits per heavy atom. The van der Waals surface area contributed by atoms with Gasteiger partial charge >= 0.3 is 5.97 Å². The van der Waals surface area contributed by atoms with Crippen LogP contribution in [0.2, 0.25) is 5.02 Å². The van der Waals surface area contributed by atoms with Crippen molar-refractivity contribution in [2.24, 2.45) is 0 Å². The summed E-state index contributed by atoms with van der Waals surface area (Å²) < 4.78 is 23.8. The molecule has 0 saturated carbocycles. The predicted octanol–water partition coefficient (Wildman–Crippen LogP) is 6.03. The Bertz CT molecular complexity index is 997. The smallest absolute Gasteiger partial charge is 0.343 e. The molecule has 5 heteroatoms. The van der Waals surface area contributed by atoms with Gasteiger partial charge in [-0.1, -0.05) is 49.7 Å². The van der Waals surface area contributed by atoms with Crippen molar-refractivity contribution in [1.82, 2.24) is 0 Å². The minimum absolute atomic E-state index is 0.164. The van der Waals surface area contributed by atoms with E-state index in [1.807, 2.05) is 30.3 Å². The van der Waals surface area contributed by atoms with Crippen LogP contribution in [0.1, 0.15) is 35.3 Å². The lowest BCUT2D eigenvalue weighted by molar-refractivity contribution is 0.0734.